The van der Waals surface area contributed by atoms with E-state index in [2.05, 4.69) is 5.32 Å². The van der Waals surface area contributed by atoms with Gasteiger partial charge in [0.25, 0.3) is 0 Å². The van der Waals surface area contributed by atoms with Crippen LogP contribution in [0.25, 0.3) is 0 Å². The number of hydrogen-bond acceptors (Lipinski definition) is 3. The Labute approximate surface area is 152 Å². The molecule has 2 N–H and O–H groups in total. The Morgan fingerprint density at radius 2 is 1.88 bits per heavy atom. The number of rotatable bonds is 4. The van der Waals surface area contributed by atoms with Gasteiger partial charge in [0.15, 0.2) is 0 Å². The number of aliphatic carboxylic acids is 1. The van der Waals surface area contributed by atoms with Crippen LogP contribution in [0.5, 0.6) is 5.75 Å². The maximum absolute atomic E-state index is 13.0. The number of nitrogens with zero attached hydrogens (tertiary/aromatic N) is 1. The number of carboxylic acids is 1. The average molecular weight is 354 g/mol. The highest BCUT2D eigenvalue weighted by molar-refractivity contribution is 6.04. The van der Waals surface area contributed by atoms with Crippen molar-refractivity contribution in [3.05, 3.63) is 54.1 Å². The molecule has 3 rings (SSSR count). The highest BCUT2D eigenvalue weighted by atomic mass is 16.5. The van der Waals surface area contributed by atoms with Crippen molar-refractivity contribution in [2.45, 2.75) is 32.2 Å². The zero-order valence-corrected chi connectivity index (χ0v) is 14.8. The van der Waals surface area contributed by atoms with Gasteiger partial charge in [0.05, 0.1) is 18.2 Å². The summed E-state index contributed by atoms with van der Waals surface area (Å²) in [4.78, 5) is 26.2. The summed E-state index contributed by atoms with van der Waals surface area (Å²) in [5.41, 5.74) is 1.88. The van der Waals surface area contributed by atoms with Gasteiger partial charge in [-0.25, -0.2) is 4.79 Å². The third-order valence-corrected chi connectivity index (χ3v) is 4.53. The minimum atomic E-state index is -0.869. The summed E-state index contributed by atoms with van der Waals surface area (Å²) in [6, 6.07) is 13.9. The van der Waals surface area contributed by atoms with E-state index in [1.54, 1.807) is 35.2 Å². The quantitative estimate of drug-likeness (QED) is 0.867. The summed E-state index contributed by atoms with van der Waals surface area (Å²) in [6.07, 6.45) is 0.368. The Balaban J connectivity index is 1.92. The van der Waals surface area contributed by atoms with Crippen molar-refractivity contribution in [3.8, 4) is 5.75 Å². The molecule has 2 amide bonds. The average Bonchev–Trinajstić information content (AvgIpc) is 2.62. The fourth-order valence-corrected chi connectivity index (χ4v) is 3.38. The summed E-state index contributed by atoms with van der Waals surface area (Å²) >= 11 is 0. The molecule has 6 nitrogen and oxygen atoms in total. The topological polar surface area (TPSA) is 78.9 Å². The molecule has 2 atom stereocenters. The predicted octanol–water partition coefficient (Wildman–Crippen LogP) is 4.08. The van der Waals surface area contributed by atoms with Crippen molar-refractivity contribution >= 4 is 23.4 Å². The number of carbonyl (C=O) groups excluding carboxylic acids is 1. The van der Waals surface area contributed by atoms with E-state index < -0.39 is 11.9 Å². The van der Waals surface area contributed by atoms with Crippen LogP contribution in [-0.2, 0) is 4.79 Å². The number of anilines is 2. The molecule has 2 unspecified atom stereocenters. The number of fused-ring (bicyclic) bond motifs is 1. The third kappa shape index (κ3) is 3.35. The molecule has 0 aliphatic carbocycles. The van der Waals surface area contributed by atoms with Crippen LogP contribution in [0.3, 0.4) is 0 Å². The van der Waals surface area contributed by atoms with E-state index in [0.717, 1.165) is 0 Å². The standard InChI is InChI=1S/C20H22N2O4/c1-3-26-18-11-7-5-9-16(18)21-20(25)22-13(2)12-15(19(23)24)14-8-4-6-10-17(14)22/h4-11,13,15H,3,12H2,1-2H3,(H,21,25)(H,23,24). The number of carbonyl (C=O) groups is 2. The second-order valence-corrected chi connectivity index (χ2v) is 6.26. The fourth-order valence-electron chi connectivity index (χ4n) is 3.38. The minimum absolute atomic E-state index is 0.245. The van der Waals surface area contributed by atoms with E-state index in [1.807, 2.05) is 32.0 Å². The molecule has 6 heteroatoms. The summed E-state index contributed by atoms with van der Waals surface area (Å²) in [6.45, 7) is 4.24. The van der Waals surface area contributed by atoms with Crippen molar-refractivity contribution in [2.75, 3.05) is 16.8 Å². The Bertz CT molecular complexity index is 821. The van der Waals surface area contributed by atoms with Crippen molar-refractivity contribution in [3.63, 3.8) is 0 Å². The molecule has 2 aromatic rings. The van der Waals surface area contributed by atoms with Crippen LogP contribution < -0.4 is 15.0 Å². The lowest BCUT2D eigenvalue weighted by molar-refractivity contribution is -0.139. The molecular weight excluding hydrogens is 332 g/mol. The van der Waals surface area contributed by atoms with E-state index in [9.17, 15) is 14.7 Å². The zero-order chi connectivity index (χ0) is 18.7. The number of para-hydroxylation sites is 3. The largest absolute Gasteiger partial charge is 0.492 e. The maximum Gasteiger partial charge on any atom is 0.326 e. The van der Waals surface area contributed by atoms with Gasteiger partial charge in [-0.15, -0.1) is 0 Å². The van der Waals surface area contributed by atoms with E-state index in [-0.39, 0.29) is 12.1 Å². The number of hydrogen-bond donors (Lipinski definition) is 2. The number of nitrogens with one attached hydrogen (secondary N) is 1. The molecule has 0 bridgehead atoms. The molecule has 1 heterocycles. The first-order valence-corrected chi connectivity index (χ1v) is 8.66. The predicted molar refractivity (Wildman–Crippen MR) is 100 cm³/mol. The summed E-state index contributed by atoms with van der Waals surface area (Å²) < 4.78 is 5.56. The third-order valence-electron chi connectivity index (χ3n) is 4.53. The number of benzene rings is 2. The smallest absolute Gasteiger partial charge is 0.326 e. The minimum Gasteiger partial charge on any atom is -0.492 e. The van der Waals surface area contributed by atoms with Gasteiger partial charge < -0.3 is 15.2 Å². The summed E-state index contributed by atoms with van der Waals surface area (Å²) in [7, 11) is 0. The molecule has 1 aliphatic heterocycles. The lowest BCUT2D eigenvalue weighted by atomic mass is 9.86. The number of amides is 2. The molecular formula is C20H22N2O4. The Hall–Kier alpha value is -3.02. The molecule has 0 aromatic heterocycles. The van der Waals surface area contributed by atoms with Crippen molar-refractivity contribution < 1.29 is 19.4 Å². The lowest BCUT2D eigenvalue weighted by Crippen LogP contribution is -2.46. The monoisotopic (exact) mass is 354 g/mol. The first-order valence-electron chi connectivity index (χ1n) is 8.66. The van der Waals surface area contributed by atoms with Crippen LogP contribution >= 0.6 is 0 Å². The second kappa shape index (κ2) is 7.47. The normalized spacial score (nSPS) is 18.8. The van der Waals surface area contributed by atoms with Crippen LogP contribution in [0, 0.1) is 0 Å². The van der Waals surface area contributed by atoms with Gasteiger partial charge >= 0.3 is 12.0 Å². The zero-order valence-electron chi connectivity index (χ0n) is 14.8. The van der Waals surface area contributed by atoms with Gasteiger partial charge in [0.1, 0.15) is 5.75 Å². The first-order chi connectivity index (χ1) is 12.5. The maximum atomic E-state index is 13.0. The first kappa shape index (κ1) is 17.8. The van der Waals surface area contributed by atoms with Gasteiger partial charge in [-0.05, 0) is 44.0 Å². The van der Waals surface area contributed by atoms with Crippen LogP contribution in [-0.4, -0.2) is 29.8 Å². The SMILES string of the molecule is CCOc1ccccc1NC(=O)N1c2ccccc2C(C(=O)O)CC1C. The van der Waals surface area contributed by atoms with E-state index >= 15 is 0 Å². The Morgan fingerprint density at radius 1 is 1.19 bits per heavy atom. The molecule has 1 aliphatic rings. The van der Waals surface area contributed by atoms with Gasteiger partial charge in [-0.1, -0.05) is 30.3 Å². The number of urea groups is 1. The second-order valence-electron chi connectivity index (χ2n) is 6.26. The number of carboxylic acid groups (broad SMARTS) is 1. The van der Waals surface area contributed by atoms with Crippen molar-refractivity contribution in [1.82, 2.24) is 0 Å². The molecule has 0 saturated heterocycles. The van der Waals surface area contributed by atoms with Gasteiger partial charge in [0, 0.05) is 11.7 Å². The molecule has 136 valence electrons. The Kier molecular flexibility index (Phi) is 5.11. The van der Waals surface area contributed by atoms with Crippen molar-refractivity contribution in [1.29, 1.82) is 0 Å². The Morgan fingerprint density at radius 3 is 2.62 bits per heavy atom. The van der Waals surface area contributed by atoms with Crippen LogP contribution in [0.15, 0.2) is 48.5 Å². The molecule has 2 aromatic carbocycles. The van der Waals surface area contributed by atoms with Crippen LogP contribution in [0.4, 0.5) is 16.2 Å². The van der Waals surface area contributed by atoms with Crippen LogP contribution in [0.1, 0.15) is 31.7 Å². The highest BCUT2D eigenvalue weighted by Crippen LogP contribution is 2.39. The fraction of sp³-hybridized carbons (Fsp3) is 0.300. The summed E-state index contributed by atoms with van der Waals surface area (Å²) in [5.74, 6) is -0.878. The van der Waals surface area contributed by atoms with Crippen LogP contribution in [0.2, 0.25) is 0 Å². The molecule has 0 fully saturated rings. The molecule has 0 saturated carbocycles. The van der Waals surface area contributed by atoms with E-state index in [1.165, 1.54) is 0 Å². The molecule has 0 radical (unpaired) electrons. The van der Waals surface area contributed by atoms with Crippen molar-refractivity contribution in [2.24, 2.45) is 0 Å². The van der Waals surface area contributed by atoms with E-state index in [4.69, 9.17) is 4.74 Å². The lowest BCUT2D eigenvalue weighted by Gasteiger charge is -2.38. The molecule has 26 heavy (non-hydrogen) atoms. The molecule has 0 spiro atoms. The highest BCUT2D eigenvalue weighted by Gasteiger charge is 2.37. The van der Waals surface area contributed by atoms with E-state index in [0.29, 0.717) is 35.7 Å². The van der Waals surface area contributed by atoms with Gasteiger partial charge in [-0.2, -0.15) is 0 Å². The van der Waals surface area contributed by atoms with Gasteiger partial charge in [-0.3, -0.25) is 9.69 Å². The number of ether oxygens (including phenoxy) is 1. The summed E-state index contributed by atoms with van der Waals surface area (Å²) in [5, 5.41) is 12.4. The van der Waals surface area contributed by atoms with Gasteiger partial charge in [0.2, 0.25) is 0 Å².